The first-order chi connectivity index (χ1) is 8.25. The van der Waals surface area contributed by atoms with Crippen molar-refractivity contribution in [1.29, 1.82) is 0 Å². The Bertz CT molecular complexity index is 525. The second kappa shape index (κ2) is 4.07. The normalized spacial score (nSPS) is 18.9. The van der Waals surface area contributed by atoms with E-state index < -0.39 is 0 Å². The van der Waals surface area contributed by atoms with Crippen molar-refractivity contribution >= 4 is 11.2 Å². The van der Waals surface area contributed by atoms with E-state index in [-0.39, 0.29) is 0 Å². The van der Waals surface area contributed by atoms with E-state index in [0.717, 1.165) is 29.9 Å². The lowest BCUT2D eigenvalue weighted by Crippen LogP contribution is -2.29. The molecular weight excluding hydrogens is 214 g/mol. The number of aryl methyl sites for hydroxylation is 1. The lowest BCUT2D eigenvalue weighted by molar-refractivity contribution is 0.253. The summed E-state index contributed by atoms with van der Waals surface area (Å²) < 4.78 is 1.84. The maximum absolute atomic E-state index is 4.61. The van der Waals surface area contributed by atoms with Gasteiger partial charge in [0.1, 0.15) is 5.52 Å². The molecular formula is C12H17N5. The first-order valence-corrected chi connectivity index (χ1v) is 6.08. The Balaban J connectivity index is 2.00. The monoisotopic (exact) mass is 231 g/mol. The van der Waals surface area contributed by atoms with Gasteiger partial charge in [0.2, 0.25) is 0 Å². The molecule has 0 atom stereocenters. The highest BCUT2D eigenvalue weighted by Crippen LogP contribution is 2.29. The van der Waals surface area contributed by atoms with E-state index in [1.54, 1.807) is 12.4 Å². The van der Waals surface area contributed by atoms with Gasteiger partial charge in [0, 0.05) is 25.4 Å². The minimum absolute atomic E-state index is 0.534. The minimum atomic E-state index is 0.534. The van der Waals surface area contributed by atoms with Crippen molar-refractivity contribution in [3.05, 3.63) is 18.1 Å². The fourth-order valence-electron chi connectivity index (χ4n) is 2.56. The van der Waals surface area contributed by atoms with E-state index in [2.05, 4.69) is 27.0 Å². The van der Waals surface area contributed by atoms with Gasteiger partial charge in [-0.15, -0.1) is 0 Å². The van der Waals surface area contributed by atoms with Crippen molar-refractivity contribution in [2.45, 2.75) is 18.8 Å². The number of aromatic nitrogens is 4. The molecule has 0 unspecified atom stereocenters. The molecule has 3 heterocycles. The predicted octanol–water partition coefficient (Wildman–Crippen LogP) is 1.17. The zero-order valence-corrected chi connectivity index (χ0v) is 10.3. The van der Waals surface area contributed by atoms with Crippen LogP contribution < -0.4 is 0 Å². The van der Waals surface area contributed by atoms with Gasteiger partial charge in [-0.2, -0.15) is 5.10 Å². The van der Waals surface area contributed by atoms with Crippen molar-refractivity contribution in [2.75, 3.05) is 20.1 Å². The van der Waals surface area contributed by atoms with E-state index in [1.807, 2.05) is 11.7 Å². The van der Waals surface area contributed by atoms with Gasteiger partial charge in [-0.25, -0.2) is 14.6 Å². The molecule has 1 aliphatic heterocycles. The maximum atomic E-state index is 4.61. The van der Waals surface area contributed by atoms with Gasteiger partial charge in [-0.05, 0) is 33.0 Å². The second-order valence-corrected chi connectivity index (χ2v) is 4.81. The highest BCUT2D eigenvalue weighted by atomic mass is 15.3. The lowest BCUT2D eigenvalue weighted by atomic mass is 9.93. The SMILES string of the molecule is CN1CCC(c2nn(C)c3nccnc23)CC1. The first-order valence-electron chi connectivity index (χ1n) is 6.08. The van der Waals surface area contributed by atoms with Crippen LogP contribution in [0.4, 0.5) is 0 Å². The summed E-state index contributed by atoms with van der Waals surface area (Å²) in [5, 5.41) is 4.61. The number of fused-ring (bicyclic) bond motifs is 1. The standard InChI is InChI=1S/C12H17N5/c1-16-7-3-9(4-8-16)10-11-12(17(2)15-10)14-6-5-13-11/h5-6,9H,3-4,7-8H2,1-2H3. The summed E-state index contributed by atoms with van der Waals surface area (Å²) in [6.07, 6.45) is 5.81. The molecule has 17 heavy (non-hydrogen) atoms. The van der Waals surface area contributed by atoms with Crippen LogP contribution in [-0.4, -0.2) is 44.8 Å². The molecule has 1 fully saturated rings. The van der Waals surface area contributed by atoms with Crippen LogP contribution in [0.25, 0.3) is 11.2 Å². The molecule has 3 rings (SSSR count). The first kappa shape index (κ1) is 10.7. The van der Waals surface area contributed by atoms with Crippen LogP contribution in [0.15, 0.2) is 12.4 Å². The quantitative estimate of drug-likeness (QED) is 0.739. The summed E-state index contributed by atoms with van der Waals surface area (Å²) >= 11 is 0. The Morgan fingerprint density at radius 3 is 2.59 bits per heavy atom. The molecule has 0 N–H and O–H groups in total. The molecule has 2 aromatic heterocycles. The van der Waals surface area contributed by atoms with Crippen LogP contribution in [0.3, 0.4) is 0 Å². The van der Waals surface area contributed by atoms with Gasteiger partial charge in [0.05, 0.1) is 5.69 Å². The van der Waals surface area contributed by atoms with Crippen LogP contribution in [0.5, 0.6) is 0 Å². The Kier molecular flexibility index (Phi) is 2.55. The molecule has 1 aliphatic rings. The third kappa shape index (κ3) is 1.80. The third-order valence-electron chi connectivity index (χ3n) is 3.59. The molecule has 0 saturated carbocycles. The van der Waals surface area contributed by atoms with E-state index in [9.17, 15) is 0 Å². The summed E-state index contributed by atoms with van der Waals surface area (Å²) in [7, 11) is 4.11. The number of nitrogens with zero attached hydrogens (tertiary/aromatic N) is 5. The van der Waals surface area contributed by atoms with E-state index in [1.165, 1.54) is 12.8 Å². The summed E-state index contributed by atoms with van der Waals surface area (Å²) in [5.41, 5.74) is 3.00. The average Bonchev–Trinajstić information content (AvgIpc) is 2.69. The number of rotatable bonds is 1. The lowest BCUT2D eigenvalue weighted by Gasteiger charge is -2.27. The Morgan fingerprint density at radius 2 is 1.82 bits per heavy atom. The van der Waals surface area contributed by atoms with Gasteiger partial charge in [0.15, 0.2) is 5.65 Å². The Labute approximate surface area is 100 Å². The van der Waals surface area contributed by atoms with Crippen molar-refractivity contribution in [3.8, 4) is 0 Å². The van der Waals surface area contributed by atoms with Crippen molar-refractivity contribution in [1.82, 2.24) is 24.6 Å². The highest BCUT2D eigenvalue weighted by Gasteiger charge is 2.24. The summed E-state index contributed by atoms with van der Waals surface area (Å²) in [4.78, 5) is 11.1. The zero-order chi connectivity index (χ0) is 11.8. The smallest absolute Gasteiger partial charge is 0.176 e. The molecule has 0 spiro atoms. The molecule has 0 aromatic carbocycles. The fraction of sp³-hybridized carbons (Fsp3) is 0.583. The summed E-state index contributed by atoms with van der Waals surface area (Å²) in [6, 6.07) is 0. The van der Waals surface area contributed by atoms with Gasteiger partial charge >= 0.3 is 0 Å². The van der Waals surface area contributed by atoms with E-state index >= 15 is 0 Å². The van der Waals surface area contributed by atoms with Gasteiger partial charge in [-0.1, -0.05) is 0 Å². The average molecular weight is 231 g/mol. The summed E-state index contributed by atoms with van der Waals surface area (Å²) in [5.74, 6) is 0.534. The van der Waals surface area contributed by atoms with Crippen LogP contribution in [0.1, 0.15) is 24.5 Å². The molecule has 1 saturated heterocycles. The maximum Gasteiger partial charge on any atom is 0.176 e. The Morgan fingerprint density at radius 1 is 1.12 bits per heavy atom. The van der Waals surface area contributed by atoms with Crippen molar-refractivity contribution in [2.24, 2.45) is 7.05 Å². The molecule has 0 amide bonds. The van der Waals surface area contributed by atoms with Crippen molar-refractivity contribution in [3.63, 3.8) is 0 Å². The molecule has 5 heteroatoms. The van der Waals surface area contributed by atoms with Gasteiger partial charge in [-0.3, -0.25) is 0 Å². The Hall–Kier alpha value is -1.49. The highest BCUT2D eigenvalue weighted by molar-refractivity contribution is 5.73. The molecule has 0 bridgehead atoms. The molecule has 90 valence electrons. The van der Waals surface area contributed by atoms with E-state index in [0.29, 0.717) is 5.92 Å². The topological polar surface area (TPSA) is 46.8 Å². The van der Waals surface area contributed by atoms with Crippen molar-refractivity contribution < 1.29 is 0 Å². The fourth-order valence-corrected chi connectivity index (χ4v) is 2.56. The molecule has 0 radical (unpaired) electrons. The number of hydrogen-bond donors (Lipinski definition) is 0. The van der Waals surface area contributed by atoms with Crippen LogP contribution in [0, 0.1) is 0 Å². The van der Waals surface area contributed by atoms with Crippen LogP contribution in [-0.2, 0) is 7.05 Å². The number of piperidine rings is 1. The zero-order valence-electron chi connectivity index (χ0n) is 10.3. The molecule has 0 aliphatic carbocycles. The predicted molar refractivity (Wildman–Crippen MR) is 65.8 cm³/mol. The molecule has 2 aromatic rings. The van der Waals surface area contributed by atoms with Crippen LogP contribution >= 0.6 is 0 Å². The van der Waals surface area contributed by atoms with Crippen LogP contribution in [0.2, 0.25) is 0 Å². The van der Waals surface area contributed by atoms with Gasteiger partial charge < -0.3 is 4.90 Å². The molecule has 5 nitrogen and oxygen atoms in total. The minimum Gasteiger partial charge on any atom is -0.306 e. The largest absolute Gasteiger partial charge is 0.306 e. The summed E-state index contributed by atoms with van der Waals surface area (Å²) in [6.45, 7) is 2.28. The second-order valence-electron chi connectivity index (χ2n) is 4.81. The number of hydrogen-bond acceptors (Lipinski definition) is 4. The van der Waals surface area contributed by atoms with Gasteiger partial charge in [0.25, 0.3) is 0 Å². The van der Waals surface area contributed by atoms with E-state index in [4.69, 9.17) is 0 Å². The third-order valence-corrected chi connectivity index (χ3v) is 3.59. The number of likely N-dealkylation sites (tertiary alicyclic amines) is 1.